The first-order valence-corrected chi connectivity index (χ1v) is 14.8. The van der Waals surface area contributed by atoms with Crippen molar-refractivity contribution in [3.63, 3.8) is 0 Å². The predicted octanol–water partition coefficient (Wildman–Crippen LogP) is 7.20. The summed E-state index contributed by atoms with van der Waals surface area (Å²) in [6, 6.07) is 17.1. The number of thioether (sulfide) groups is 1. The van der Waals surface area contributed by atoms with E-state index in [0.29, 0.717) is 51.3 Å². The van der Waals surface area contributed by atoms with E-state index in [9.17, 15) is 4.79 Å². The molecule has 0 fully saturated rings. The molecule has 42 heavy (non-hydrogen) atoms. The highest BCUT2D eigenvalue weighted by Gasteiger charge is 2.35. The van der Waals surface area contributed by atoms with Gasteiger partial charge in [0.2, 0.25) is 11.1 Å². The molecule has 1 aromatic heterocycles. The summed E-state index contributed by atoms with van der Waals surface area (Å²) in [5.41, 5.74) is 7.59. The highest BCUT2D eigenvalue weighted by Crippen LogP contribution is 2.40. The quantitative estimate of drug-likeness (QED) is 0.159. The summed E-state index contributed by atoms with van der Waals surface area (Å²) < 4.78 is 18.8. The minimum absolute atomic E-state index is 0.404. The lowest BCUT2D eigenvalue weighted by molar-refractivity contribution is -0.136. The number of carbonyl (C=O) groups is 1. The van der Waals surface area contributed by atoms with Crippen molar-refractivity contribution in [1.29, 1.82) is 0 Å². The van der Waals surface area contributed by atoms with Gasteiger partial charge in [0.05, 0.1) is 19.8 Å². The molecule has 218 valence electrons. The van der Waals surface area contributed by atoms with Gasteiger partial charge in [0.15, 0.2) is 11.5 Å². The van der Waals surface area contributed by atoms with Gasteiger partial charge in [-0.2, -0.15) is 4.98 Å². The van der Waals surface area contributed by atoms with Gasteiger partial charge in [-0.15, -0.1) is 5.10 Å². The molecule has 3 aromatic carbocycles. The molecule has 1 unspecified atom stereocenters. The number of methoxy groups -OCH3 is 2. The summed E-state index contributed by atoms with van der Waals surface area (Å²) in [6.07, 6.45) is 0. The van der Waals surface area contributed by atoms with Gasteiger partial charge in [-0.05, 0) is 79.3 Å². The van der Waals surface area contributed by atoms with Gasteiger partial charge in [0.25, 0.3) is 0 Å². The zero-order valence-corrected chi connectivity index (χ0v) is 26.0. The Morgan fingerprint density at radius 3 is 2.48 bits per heavy atom. The molecule has 1 N–H and O–H groups in total. The monoisotopic (exact) mass is 604 g/mol. The Kier molecular flexibility index (Phi) is 8.80. The first kappa shape index (κ1) is 29.5. The second-order valence-electron chi connectivity index (χ2n) is 10.2. The normalized spacial score (nSPS) is 14.3. The van der Waals surface area contributed by atoms with E-state index in [1.807, 2.05) is 49.4 Å². The molecule has 0 saturated carbocycles. The molecule has 8 nitrogen and oxygen atoms in total. The van der Waals surface area contributed by atoms with Crippen LogP contribution < -0.4 is 14.8 Å². The summed E-state index contributed by atoms with van der Waals surface area (Å²) in [5, 5.41) is 9.25. The molecule has 5 rings (SSSR count). The molecule has 0 amide bonds. The molecule has 1 atom stereocenters. The number of halogens is 1. The number of ether oxygens (including phenoxy) is 3. The fourth-order valence-electron chi connectivity index (χ4n) is 4.94. The van der Waals surface area contributed by atoms with E-state index < -0.39 is 12.0 Å². The Labute approximate surface area is 255 Å². The van der Waals surface area contributed by atoms with Gasteiger partial charge in [0.1, 0.15) is 12.6 Å². The van der Waals surface area contributed by atoms with Crippen LogP contribution in [0, 0.1) is 20.8 Å². The Balaban J connectivity index is 1.46. The number of hydrogen-bond donors (Lipinski definition) is 1. The number of carbonyl (C=O) groups excluding carboxylic acids is 1. The maximum atomic E-state index is 13.0. The molecule has 1 aliphatic heterocycles. The second-order valence-corrected chi connectivity index (χ2v) is 11.5. The van der Waals surface area contributed by atoms with E-state index in [4.69, 9.17) is 35.9 Å². The summed E-state index contributed by atoms with van der Waals surface area (Å²) in [5.74, 6) is 1.81. The number of nitrogens with one attached hydrogen (secondary N) is 1. The van der Waals surface area contributed by atoms with E-state index in [0.717, 1.165) is 16.7 Å². The lowest BCUT2D eigenvalue weighted by Crippen LogP contribution is -2.29. The Hall–Kier alpha value is -3.95. The zero-order chi connectivity index (χ0) is 30.0. The number of anilines is 1. The summed E-state index contributed by atoms with van der Waals surface area (Å²) in [6.45, 7) is 8.52. The van der Waals surface area contributed by atoms with Crippen molar-refractivity contribution in [1.82, 2.24) is 14.8 Å². The molecule has 0 bridgehead atoms. The van der Waals surface area contributed by atoms with Crippen LogP contribution >= 0.6 is 23.4 Å². The van der Waals surface area contributed by atoms with Gasteiger partial charge in [-0.1, -0.05) is 59.8 Å². The van der Waals surface area contributed by atoms with E-state index >= 15 is 0 Å². The molecule has 0 saturated heterocycles. The number of hydrogen-bond acceptors (Lipinski definition) is 8. The second kappa shape index (κ2) is 12.5. The van der Waals surface area contributed by atoms with Crippen molar-refractivity contribution < 1.29 is 19.0 Å². The molecule has 1 aliphatic rings. The summed E-state index contributed by atoms with van der Waals surface area (Å²) in [4.78, 5) is 17.7. The standard InChI is InChI=1S/C32H33ClN4O4S/c1-18-13-20(3)24(14-19(18)2)16-41-26-12-11-22(15-27(26)39-5)29-28(30(38)40-6)21(4)34-31-35-32(36-37(29)31)42-17-23-9-7-8-10-25(23)33/h7-15,29H,16-17H2,1-6H3,(H,34,35,36). The number of aromatic nitrogens is 3. The van der Waals surface area contributed by atoms with E-state index in [1.54, 1.807) is 11.8 Å². The van der Waals surface area contributed by atoms with Gasteiger partial charge in [-0.25, -0.2) is 9.48 Å². The van der Waals surface area contributed by atoms with E-state index in [2.05, 4.69) is 38.2 Å². The topological polar surface area (TPSA) is 87.5 Å². The van der Waals surface area contributed by atoms with Crippen LogP contribution in [0.15, 0.2) is 71.0 Å². The first-order valence-electron chi connectivity index (χ1n) is 13.5. The van der Waals surface area contributed by atoms with Crippen molar-refractivity contribution >= 4 is 35.3 Å². The van der Waals surface area contributed by atoms with Crippen molar-refractivity contribution in [3.8, 4) is 11.5 Å². The van der Waals surface area contributed by atoms with Gasteiger partial charge in [-0.3, -0.25) is 0 Å². The van der Waals surface area contributed by atoms with E-state index in [1.165, 1.54) is 35.6 Å². The SMILES string of the molecule is COC(=O)C1=C(C)Nc2nc(SCc3ccccc3Cl)nn2C1c1ccc(OCc2cc(C)c(C)cc2C)c(OC)c1. The van der Waals surface area contributed by atoms with Crippen molar-refractivity contribution in [3.05, 3.63) is 104 Å². The minimum atomic E-state index is -0.596. The third-order valence-corrected chi connectivity index (χ3v) is 8.65. The molecular weight excluding hydrogens is 572 g/mol. The third kappa shape index (κ3) is 5.98. The van der Waals surface area contributed by atoms with Crippen LogP contribution in [0.5, 0.6) is 11.5 Å². The average Bonchev–Trinajstić information content (AvgIpc) is 3.39. The Morgan fingerprint density at radius 2 is 1.74 bits per heavy atom. The highest BCUT2D eigenvalue weighted by molar-refractivity contribution is 7.98. The number of aryl methyl sites for hydroxylation is 3. The van der Waals surface area contributed by atoms with Crippen LogP contribution in [0.4, 0.5) is 5.95 Å². The number of nitrogens with zero attached hydrogens (tertiary/aromatic N) is 3. The molecule has 2 heterocycles. The summed E-state index contributed by atoms with van der Waals surface area (Å²) >= 11 is 7.82. The Morgan fingerprint density at radius 1 is 0.976 bits per heavy atom. The predicted molar refractivity (Wildman–Crippen MR) is 165 cm³/mol. The third-order valence-electron chi connectivity index (χ3n) is 7.39. The number of allylic oxidation sites excluding steroid dienone is 1. The lowest BCUT2D eigenvalue weighted by atomic mass is 9.95. The molecule has 0 spiro atoms. The van der Waals surface area contributed by atoms with Gasteiger partial charge < -0.3 is 19.5 Å². The molecule has 4 aromatic rings. The van der Waals surface area contributed by atoms with Crippen LogP contribution in [-0.2, 0) is 21.9 Å². The smallest absolute Gasteiger partial charge is 0.338 e. The molecule has 0 aliphatic carbocycles. The summed E-state index contributed by atoms with van der Waals surface area (Å²) in [7, 11) is 2.97. The highest BCUT2D eigenvalue weighted by atomic mass is 35.5. The average molecular weight is 605 g/mol. The van der Waals surface area contributed by atoms with Crippen LogP contribution in [0.2, 0.25) is 5.02 Å². The molecular formula is C32H33ClN4O4S. The largest absolute Gasteiger partial charge is 0.493 e. The number of esters is 1. The number of fused-ring (bicyclic) bond motifs is 1. The maximum Gasteiger partial charge on any atom is 0.338 e. The lowest BCUT2D eigenvalue weighted by Gasteiger charge is -2.28. The van der Waals surface area contributed by atoms with Crippen LogP contribution in [0.1, 0.15) is 46.3 Å². The Bertz CT molecular complexity index is 1680. The van der Waals surface area contributed by atoms with Crippen molar-refractivity contribution in [2.24, 2.45) is 0 Å². The molecule has 0 radical (unpaired) electrons. The number of rotatable bonds is 9. The van der Waals surface area contributed by atoms with Crippen LogP contribution in [-0.4, -0.2) is 35.0 Å². The number of benzene rings is 3. The van der Waals surface area contributed by atoms with Gasteiger partial charge >= 0.3 is 5.97 Å². The fraction of sp³-hybridized carbons (Fsp3) is 0.281. The van der Waals surface area contributed by atoms with Crippen LogP contribution in [0.3, 0.4) is 0 Å². The molecule has 10 heteroatoms. The minimum Gasteiger partial charge on any atom is -0.493 e. The van der Waals surface area contributed by atoms with Gasteiger partial charge in [0, 0.05) is 16.5 Å². The van der Waals surface area contributed by atoms with Crippen molar-refractivity contribution in [2.75, 3.05) is 19.5 Å². The van der Waals surface area contributed by atoms with Crippen LogP contribution in [0.25, 0.3) is 0 Å². The van der Waals surface area contributed by atoms with E-state index in [-0.39, 0.29) is 0 Å². The fourth-order valence-corrected chi connectivity index (χ4v) is 6.05. The van der Waals surface area contributed by atoms with Crippen molar-refractivity contribution in [2.45, 2.75) is 51.3 Å². The first-order chi connectivity index (χ1) is 20.2. The maximum absolute atomic E-state index is 13.0. The zero-order valence-electron chi connectivity index (χ0n) is 24.4.